The number of phenolic OH excluding ortho intramolecular Hbond substituents is 1. The van der Waals surface area contributed by atoms with Crippen molar-refractivity contribution in [2.45, 2.75) is 45.4 Å². The summed E-state index contributed by atoms with van der Waals surface area (Å²) in [5, 5.41) is 12.3. The van der Waals surface area contributed by atoms with Gasteiger partial charge in [-0.3, -0.25) is 0 Å². The molecule has 1 heteroatoms. The molecule has 0 amide bonds. The van der Waals surface area contributed by atoms with Gasteiger partial charge in [-0.15, -0.1) is 0 Å². The molecule has 1 nitrogen and oxygen atoms in total. The first-order valence-corrected chi connectivity index (χ1v) is 7.02. The highest BCUT2D eigenvalue weighted by atomic mass is 16.3. The van der Waals surface area contributed by atoms with Crippen LogP contribution in [0.4, 0.5) is 0 Å². The zero-order valence-corrected chi connectivity index (χ0v) is 11.2. The van der Waals surface area contributed by atoms with Crippen molar-refractivity contribution in [3.05, 3.63) is 42.0 Å². The Morgan fingerprint density at radius 1 is 0.889 bits per heavy atom. The molecule has 2 aromatic rings. The third-order valence-corrected chi connectivity index (χ3v) is 3.50. The van der Waals surface area contributed by atoms with E-state index in [4.69, 9.17) is 0 Å². The minimum Gasteiger partial charge on any atom is -0.508 e. The summed E-state index contributed by atoms with van der Waals surface area (Å²) in [6, 6.07) is 12.2. The van der Waals surface area contributed by atoms with Crippen LogP contribution in [0.25, 0.3) is 10.8 Å². The Morgan fingerprint density at radius 3 is 2.28 bits per heavy atom. The molecule has 0 radical (unpaired) electrons. The largest absolute Gasteiger partial charge is 0.508 e. The summed E-state index contributed by atoms with van der Waals surface area (Å²) in [4.78, 5) is 0. The highest BCUT2D eigenvalue weighted by Gasteiger charge is 2.03. The molecule has 0 unspecified atom stereocenters. The van der Waals surface area contributed by atoms with Crippen molar-refractivity contribution in [2.75, 3.05) is 0 Å². The van der Waals surface area contributed by atoms with Crippen LogP contribution in [-0.4, -0.2) is 5.11 Å². The number of aryl methyl sites for hydroxylation is 1. The second-order valence-corrected chi connectivity index (χ2v) is 4.99. The molecule has 96 valence electrons. The number of benzene rings is 2. The lowest BCUT2D eigenvalue weighted by molar-refractivity contribution is 0.467. The van der Waals surface area contributed by atoms with E-state index in [1.165, 1.54) is 37.5 Å². The molecule has 0 saturated heterocycles. The fourth-order valence-corrected chi connectivity index (χ4v) is 2.39. The molecule has 0 heterocycles. The van der Waals surface area contributed by atoms with Crippen LogP contribution >= 0.6 is 0 Å². The molecule has 0 aromatic heterocycles. The first-order chi connectivity index (χ1) is 8.81. The molecule has 0 fully saturated rings. The average molecular weight is 242 g/mol. The van der Waals surface area contributed by atoms with Crippen molar-refractivity contribution in [2.24, 2.45) is 0 Å². The molecular weight excluding hydrogens is 220 g/mol. The van der Waals surface area contributed by atoms with Crippen molar-refractivity contribution < 1.29 is 5.11 Å². The number of phenols is 1. The fourth-order valence-electron chi connectivity index (χ4n) is 2.39. The van der Waals surface area contributed by atoms with Crippen LogP contribution in [-0.2, 0) is 6.42 Å². The first kappa shape index (κ1) is 12.9. The molecule has 1 N–H and O–H groups in total. The SMILES string of the molecule is CCCCCCCc1cc2ccccc2cc1O. The summed E-state index contributed by atoms with van der Waals surface area (Å²) < 4.78 is 0. The summed E-state index contributed by atoms with van der Waals surface area (Å²) in [7, 11) is 0. The highest BCUT2D eigenvalue weighted by Crippen LogP contribution is 2.26. The normalized spacial score (nSPS) is 10.9. The van der Waals surface area contributed by atoms with Crippen LogP contribution < -0.4 is 0 Å². The van der Waals surface area contributed by atoms with Gasteiger partial charge >= 0.3 is 0 Å². The summed E-state index contributed by atoms with van der Waals surface area (Å²) >= 11 is 0. The van der Waals surface area contributed by atoms with Gasteiger partial charge in [0.1, 0.15) is 5.75 Å². The van der Waals surface area contributed by atoms with Gasteiger partial charge in [-0.25, -0.2) is 0 Å². The Kier molecular flexibility index (Phi) is 4.63. The molecule has 0 bridgehead atoms. The summed E-state index contributed by atoms with van der Waals surface area (Å²) in [6.07, 6.45) is 7.34. The standard InChI is InChI=1S/C17H22O/c1-2-3-4-5-6-11-16-12-14-9-7-8-10-15(14)13-17(16)18/h7-10,12-13,18H,2-6,11H2,1H3. The number of hydrogen-bond acceptors (Lipinski definition) is 1. The van der Waals surface area contributed by atoms with E-state index in [2.05, 4.69) is 19.1 Å². The number of aromatic hydroxyl groups is 1. The number of unbranched alkanes of at least 4 members (excludes halogenated alkanes) is 4. The van der Waals surface area contributed by atoms with Crippen molar-refractivity contribution in [1.82, 2.24) is 0 Å². The molecular formula is C17H22O. The Bertz CT molecular complexity index is 502. The topological polar surface area (TPSA) is 20.2 Å². The van der Waals surface area contributed by atoms with Gasteiger partial charge in [0.2, 0.25) is 0 Å². The second kappa shape index (κ2) is 6.44. The van der Waals surface area contributed by atoms with Crippen molar-refractivity contribution in [3.8, 4) is 5.75 Å². The van der Waals surface area contributed by atoms with Gasteiger partial charge in [0.05, 0.1) is 0 Å². The maximum atomic E-state index is 10.0. The van der Waals surface area contributed by atoms with Gasteiger partial charge in [0.15, 0.2) is 0 Å². The van der Waals surface area contributed by atoms with Crippen LogP contribution in [0.1, 0.15) is 44.6 Å². The maximum Gasteiger partial charge on any atom is 0.119 e. The fraction of sp³-hybridized carbons (Fsp3) is 0.412. The molecule has 0 atom stereocenters. The van der Waals surface area contributed by atoms with Gasteiger partial charge < -0.3 is 5.11 Å². The van der Waals surface area contributed by atoms with Crippen LogP contribution in [0.3, 0.4) is 0 Å². The van der Waals surface area contributed by atoms with E-state index < -0.39 is 0 Å². The average Bonchev–Trinajstić information content (AvgIpc) is 2.39. The van der Waals surface area contributed by atoms with Crippen molar-refractivity contribution >= 4 is 10.8 Å². The Hall–Kier alpha value is -1.50. The first-order valence-electron chi connectivity index (χ1n) is 7.02. The van der Waals surface area contributed by atoms with E-state index in [1.54, 1.807) is 0 Å². The molecule has 18 heavy (non-hydrogen) atoms. The molecule has 0 aliphatic rings. The Morgan fingerprint density at radius 2 is 1.56 bits per heavy atom. The van der Waals surface area contributed by atoms with Gasteiger partial charge in [-0.1, -0.05) is 56.9 Å². The molecule has 0 aliphatic carbocycles. The van der Waals surface area contributed by atoms with E-state index in [0.29, 0.717) is 5.75 Å². The highest BCUT2D eigenvalue weighted by molar-refractivity contribution is 5.84. The van der Waals surface area contributed by atoms with Gasteiger partial charge in [-0.2, -0.15) is 0 Å². The number of rotatable bonds is 6. The summed E-state index contributed by atoms with van der Waals surface area (Å²) in [6.45, 7) is 2.23. The van der Waals surface area contributed by atoms with E-state index in [-0.39, 0.29) is 0 Å². The minimum absolute atomic E-state index is 0.448. The molecule has 2 rings (SSSR count). The second-order valence-electron chi connectivity index (χ2n) is 4.99. The summed E-state index contributed by atoms with van der Waals surface area (Å²) in [5.41, 5.74) is 1.09. The van der Waals surface area contributed by atoms with E-state index >= 15 is 0 Å². The van der Waals surface area contributed by atoms with Crippen molar-refractivity contribution in [3.63, 3.8) is 0 Å². The third kappa shape index (κ3) is 3.25. The van der Waals surface area contributed by atoms with E-state index in [0.717, 1.165) is 17.4 Å². The zero-order chi connectivity index (χ0) is 12.8. The van der Waals surface area contributed by atoms with Crippen LogP contribution in [0.2, 0.25) is 0 Å². The monoisotopic (exact) mass is 242 g/mol. The number of hydrogen-bond donors (Lipinski definition) is 1. The van der Waals surface area contributed by atoms with E-state index in [1.807, 2.05) is 24.3 Å². The van der Waals surface area contributed by atoms with Gasteiger partial charge in [-0.05, 0) is 41.3 Å². The Labute approximate surface area is 109 Å². The number of fused-ring (bicyclic) bond motifs is 1. The predicted octanol–water partition coefficient (Wildman–Crippen LogP) is 5.06. The van der Waals surface area contributed by atoms with Crippen molar-refractivity contribution in [1.29, 1.82) is 0 Å². The lowest BCUT2D eigenvalue weighted by atomic mass is 10.0. The van der Waals surface area contributed by atoms with Gasteiger partial charge in [0, 0.05) is 0 Å². The maximum absolute atomic E-state index is 10.0. The smallest absolute Gasteiger partial charge is 0.119 e. The molecule has 0 saturated carbocycles. The quantitative estimate of drug-likeness (QED) is 0.702. The van der Waals surface area contributed by atoms with Crippen LogP contribution in [0.5, 0.6) is 5.75 Å². The molecule has 0 aliphatic heterocycles. The zero-order valence-electron chi connectivity index (χ0n) is 11.2. The van der Waals surface area contributed by atoms with E-state index in [9.17, 15) is 5.11 Å². The summed E-state index contributed by atoms with van der Waals surface area (Å²) in [5.74, 6) is 0.448. The third-order valence-electron chi connectivity index (χ3n) is 3.50. The van der Waals surface area contributed by atoms with Crippen LogP contribution in [0, 0.1) is 0 Å². The lowest BCUT2D eigenvalue weighted by Gasteiger charge is -2.07. The Balaban J connectivity index is 2.01. The molecule has 2 aromatic carbocycles. The van der Waals surface area contributed by atoms with Crippen LogP contribution in [0.15, 0.2) is 36.4 Å². The predicted molar refractivity (Wildman–Crippen MR) is 78.1 cm³/mol. The molecule has 0 spiro atoms. The van der Waals surface area contributed by atoms with Gasteiger partial charge in [0.25, 0.3) is 0 Å². The minimum atomic E-state index is 0.448. The lowest BCUT2D eigenvalue weighted by Crippen LogP contribution is -1.88.